The second-order valence-electron chi connectivity index (χ2n) is 8.96. The van der Waals surface area contributed by atoms with Crippen LogP contribution in [0.15, 0.2) is 66.3 Å². The third-order valence-corrected chi connectivity index (χ3v) is 7.61. The normalized spacial score (nSPS) is 15.6. The maximum Gasteiger partial charge on any atom is 0.227 e. The van der Waals surface area contributed by atoms with Crippen LogP contribution in [0.1, 0.15) is 49.2 Å². The van der Waals surface area contributed by atoms with E-state index in [2.05, 4.69) is 45.6 Å². The SMILES string of the molecule is CCC(=O)N(c1cccnc1)C1CCN(CCc2ccccc2O[C@H](CCN)c2cccs2)CC1. The number of anilines is 1. The Morgan fingerprint density at radius 2 is 2.03 bits per heavy atom. The van der Waals surface area contributed by atoms with Gasteiger partial charge in [0.15, 0.2) is 0 Å². The first kappa shape index (κ1) is 25.4. The van der Waals surface area contributed by atoms with E-state index < -0.39 is 0 Å². The highest BCUT2D eigenvalue weighted by Crippen LogP contribution is 2.30. The molecule has 0 spiro atoms. The average molecular weight is 493 g/mol. The highest BCUT2D eigenvalue weighted by Gasteiger charge is 2.28. The van der Waals surface area contributed by atoms with Gasteiger partial charge >= 0.3 is 0 Å². The molecule has 1 aliphatic rings. The van der Waals surface area contributed by atoms with Crippen LogP contribution in [0.3, 0.4) is 0 Å². The first-order chi connectivity index (χ1) is 17.2. The van der Waals surface area contributed by atoms with Gasteiger partial charge in [-0.25, -0.2) is 0 Å². The van der Waals surface area contributed by atoms with Crippen LogP contribution in [-0.2, 0) is 11.2 Å². The number of hydrogen-bond acceptors (Lipinski definition) is 6. The van der Waals surface area contributed by atoms with Gasteiger partial charge in [-0.3, -0.25) is 9.78 Å². The van der Waals surface area contributed by atoms with Gasteiger partial charge in [-0.15, -0.1) is 11.3 Å². The van der Waals surface area contributed by atoms with E-state index in [-0.39, 0.29) is 18.1 Å². The molecule has 2 aromatic heterocycles. The molecular weight excluding hydrogens is 456 g/mol. The molecule has 0 saturated carbocycles. The number of ether oxygens (including phenoxy) is 1. The van der Waals surface area contributed by atoms with Crippen LogP contribution in [0.2, 0.25) is 0 Å². The van der Waals surface area contributed by atoms with Crippen molar-refractivity contribution in [2.45, 2.75) is 51.2 Å². The molecule has 0 bridgehead atoms. The average Bonchev–Trinajstić information content (AvgIpc) is 3.44. The number of amides is 1. The molecule has 35 heavy (non-hydrogen) atoms. The molecule has 186 valence electrons. The molecular formula is C28H36N4O2S. The number of para-hydroxylation sites is 1. The molecule has 0 unspecified atom stereocenters. The molecule has 3 aromatic rings. The summed E-state index contributed by atoms with van der Waals surface area (Å²) in [7, 11) is 0. The number of pyridine rings is 1. The topological polar surface area (TPSA) is 71.7 Å². The van der Waals surface area contributed by atoms with Crippen LogP contribution in [0, 0.1) is 0 Å². The molecule has 1 aliphatic heterocycles. The fraction of sp³-hybridized carbons (Fsp3) is 0.429. The maximum atomic E-state index is 12.7. The second kappa shape index (κ2) is 12.8. The van der Waals surface area contributed by atoms with Crippen molar-refractivity contribution in [3.05, 3.63) is 76.7 Å². The predicted molar refractivity (Wildman–Crippen MR) is 143 cm³/mol. The molecule has 1 fully saturated rings. The molecule has 0 aliphatic carbocycles. The van der Waals surface area contributed by atoms with Crippen molar-refractivity contribution in [1.29, 1.82) is 0 Å². The number of hydrogen-bond donors (Lipinski definition) is 1. The Bertz CT molecular complexity index is 1040. The lowest BCUT2D eigenvalue weighted by Gasteiger charge is -2.38. The molecule has 4 rings (SSSR count). The summed E-state index contributed by atoms with van der Waals surface area (Å²) in [4.78, 5) is 22.6. The van der Waals surface area contributed by atoms with Gasteiger partial charge in [-0.1, -0.05) is 31.2 Å². The lowest BCUT2D eigenvalue weighted by atomic mass is 10.0. The Morgan fingerprint density at radius 3 is 2.71 bits per heavy atom. The highest BCUT2D eigenvalue weighted by atomic mass is 32.1. The number of carbonyl (C=O) groups is 1. The number of thiophene rings is 1. The number of likely N-dealkylation sites (tertiary alicyclic amines) is 1. The van der Waals surface area contributed by atoms with E-state index in [1.54, 1.807) is 23.7 Å². The smallest absolute Gasteiger partial charge is 0.227 e. The van der Waals surface area contributed by atoms with Gasteiger partial charge in [0.05, 0.1) is 11.9 Å². The van der Waals surface area contributed by atoms with Crippen molar-refractivity contribution in [2.75, 3.05) is 31.1 Å². The van der Waals surface area contributed by atoms with E-state index in [4.69, 9.17) is 10.5 Å². The zero-order valence-electron chi connectivity index (χ0n) is 20.5. The maximum absolute atomic E-state index is 12.7. The van der Waals surface area contributed by atoms with E-state index >= 15 is 0 Å². The van der Waals surface area contributed by atoms with Gasteiger partial charge in [0, 0.05) is 49.6 Å². The molecule has 1 saturated heterocycles. The minimum absolute atomic E-state index is 0.00791. The third-order valence-electron chi connectivity index (χ3n) is 6.65. The monoisotopic (exact) mass is 492 g/mol. The van der Waals surface area contributed by atoms with Crippen LogP contribution in [-0.4, -0.2) is 48.0 Å². The van der Waals surface area contributed by atoms with Crippen molar-refractivity contribution in [3.8, 4) is 5.75 Å². The Labute approximate surface area is 212 Å². The molecule has 1 amide bonds. The summed E-state index contributed by atoms with van der Waals surface area (Å²) in [6, 6.07) is 16.6. The van der Waals surface area contributed by atoms with E-state index in [1.807, 2.05) is 30.0 Å². The van der Waals surface area contributed by atoms with Crippen LogP contribution < -0.4 is 15.4 Å². The number of aromatic nitrogens is 1. The highest BCUT2D eigenvalue weighted by molar-refractivity contribution is 7.10. The Kier molecular flexibility index (Phi) is 9.28. The zero-order chi connectivity index (χ0) is 24.5. The number of carbonyl (C=O) groups excluding carboxylic acids is 1. The number of nitrogens with zero attached hydrogens (tertiary/aromatic N) is 3. The van der Waals surface area contributed by atoms with Gasteiger partial charge in [-0.05, 0) is 61.0 Å². The number of benzene rings is 1. The molecule has 2 N–H and O–H groups in total. The number of nitrogens with two attached hydrogens (primary N) is 1. The summed E-state index contributed by atoms with van der Waals surface area (Å²) in [5.41, 5.74) is 8.00. The van der Waals surface area contributed by atoms with E-state index in [0.717, 1.165) is 56.8 Å². The Morgan fingerprint density at radius 1 is 1.20 bits per heavy atom. The summed E-state index contributed by atoms with van der Waals surface area (Å²) in [5, 5.41) is 2.08. The fourth-order valence-corrected chi connectivity index (χ4v) is 5.56. The van der Waals surface area contributed by atoms with E-state index in [1.165, 1.54) is 10.4 Å². The third kappa shape index (κ3) is 6.69. The first-order valence-corrected chi connectivity index (χ1v) is 13.5. The molecule has 3 heterocycles. The zero-order valence-corrected chi connectivity index (χ0v) is 21.3. The van der Waals surface area contributed by atoms with Crippen LogP contribution in [0.5, 0.6) is 5.75 Å². The lowest BCUT2D eigenvalue weighted by molar-refractivity contribution is -0.119. The van der Waals surface area contributed by atoms with Crippen molar-refractivity contribution >= 4 is 22.9 Å². The van der Waals surface area contributed by atoms with Gasteiger partial charge in [0.1, 0.15) is 11.9 Å². The Hall–Kier alpha value is -2.74. The Balaban J connectivity index is 1.35. The van der Waals surface area contributed by atoms with Gasteiger partial charge in [-0.2, -0.15) is 0 Å². The van der Waals surface area contributed by atoms with Crippen molar-refractivity contribution < 1.29 is 9.53 Å². The minimum Gasteiger partial charge on any atom is -0.485 e. The molecule has 1 aromatic carbocycles. The first-order valence-electron chi connectivity index (χ1n) is 12.6. The lowest BCUT2D eigenvalue weighted by Crippen LogP contribution is -2.48. The fourth-order valence-electron chi connectivity index (χ4n) is 4.77. The predicted octanol–water partition coefficient (Wildman–Crippen LogP) is 5.06. The molecule has 0 radical (unpaired) electrons. The summed E-state index contributed by atoms with van der Waals surface area (Å²) in [6.07, 6.45) is 7.71. The van der Waals surface area contributed by atoms with Crippen LogP contribution in [0.4, 0.5) is 5.69 Å². The van der Waals surface area contributed by atoms with Gasteiger partial charge in [0.25, 0.3) is 0 Å². The molecule has 6 nitrogen and oxygen atoms in total. The number of rotatable bonds is 11. The standard InChI is InChI=1S/C28H36N4O2S/c1-2-28(33)32(24-8-5-16-30-21-24)23-13-18-31(19-14-23)17-12-22-7-3-4-9-25(22)34-26(11-15-29)27-10-6-20-35-27/h3-10,16,20-21,23,26H,2,11-15,17-19,29H2,1H3/t26-/m1/s1. The quantitative estimate of drug-likeness (QED) is 0.405. The number of piperidine rings is 1. The van der Waals surface area contributed by atoms with E-state index in [9.17, 15) is 4.79 Å². The largest absolute Gasteiger partial charge is 0.485 e. The summed E-state index contributed by atoms with van der Waals surface area (Å²) in [6.45, 7) is 5.45. The van der Waals surface area contributed by atoms with Crippen LogP contribution >= 0.6 is 11.3 Å². The van der Waals surface area contributed by atoms with E-state index in [0.29, 0.717) is 13.0 Å². The summed E-state index contributed by atoms with van der Waals surface area (Å²) >= 11 is 1.72. The second-order valence-corrected chi connectivity index (χ2v) is 9.94. The molecule has 1 atom stereocenters. The van der Waals surface area contributed by atoms with Crippen LogP contribution in [0.25, 0.3) is 0 Å². The minimum atomic E-state index is -0.00791. The van der Waals surface area contributed by atoms with Gasteiger partial charge < -0.3 is 20.3 Å². The molecule has 7 heteroatoms. The van der Waals surface area contributed by atoms with Crippen molar-refractivity contribution in [2.24, 2.45) is 5.73 Å². The van der Waals surface area contributed by atoms with Crippen molar-refractivity contribution in [1.82, 2.24) is 9.88 Å². The van der Waals surface area contributed by atoms with Gasteiger partial charge in [0.2, 0.25) is 5.91 Å². The summed E-state index contributed by atoms with van der Waals surface area (Å²) in [5.74, 6) is 1.12. The van der Waals surface area contributed by atoms with Crippen molar-refractivity contribution in [3.63, 3.8) is 0 Å². The summed E-state index contributed by atoms with van der Waals surface area (Å²) < 4.78 is 6.47.